The van der Waals surface area contributed by atoms with Gasteiger partial charge in [-0.15, -0.1) is 0 Å². The molecule has 4 rings (SSSR count). The predicted octanol–water partition coefficient (Wildman–Crippen LogP) is 1.36. The van der Waals surface area contributed by atoms with Crippen molar-refractivity contribution in [3.8, 4) is 11.4 Å². The van der Waals surface area contributed by atoms with Crippen LogP contribution >= 0.6 is 0 Å². The monoisotopic (exact) mass is 456 g/mol. The van der Waals surface area contributed by atoms with Crippen molar-refractivity contribution in [2.75, 3.05) is 13.2 Å². The fourth-order valence-electron chi connectivity index (χ4n) is 3.46. The summed E-state index contributed by atoms with van der Waals surface area (Å²) in [6.45, 7) is 3.04. The van der Waals surface area contributed by atoms with E-state index in [0.29, 0.717) is 33.5 Å². The van der Waals surface area contributed by atoms with Crippen LogP contribution in [0.2, 0.25) is 0 Å². The van der Waals surface area contributed by atoms with Gasteiger partial charge in [0.05, 0.1) is 42.1 Å². The van der Waals surface area contributed by atoms with Gasteiger partial charge in [0.1, 0.15) is 22.7 Å². The second-order valence-electron chi connectivity index (χ2n) is 8.51. The quantitative estimate of drug-likeness (QED) is 0.269. The Balaban J connectivity index is 1.77. The lowest BCUT2D eigenvalue weighted by Gasteiger charge is -2.23. The number of carbonyl (C=O) groups is 1. The molecule has 33 heavy (non-hydrogen) atoms. The summed E-state index contributed by atoms with van der Waals surface area (Å²) in [5, 5.41) is 36.2. The molecule has 0 bridgehead atoms. The Morgan fingerprint density at radius 3 is 2.85 bits per heavy atom. The molecule has 11 heteroatoms. The van der Waals surface area contributed by atoms with Crippen LogP contribution in [0.5, 0.6) is 0 Å². The molecular formula is C22H25FN6O4. The van der Waals surface area contributed by atoms with Crippen molar-refractivity contribution >= 4 is 28.0 Å². The molecule has 3 heterocycles. The SMILES string of the molecule is CC(C)(CO)NC(=O)c1c[nH]c2ncc(-c3nn(CCC(O)CO)c4cc(F)ccc34)nc12. The molecular weight excluding hydrogens is 431 g/mol. The highest BCUT2D eigenvalue weighted by Crippen LogP contribution is 2.29. The second-order valence-corrected chi connectivity index (χ2v) is 8.51. The molecule has 1 unspecified atom stereocenters. The highest BCUT2D eigenvalue weighted by molar-refractivity contribution is 6.05. The van der Waals surface area contributed by atoms with Crippen LogP contribution in [-0.2, 0) is 6.54 Å². The van der Waals surface area contributed by atoms with E-state index in [-0.39, 0.29) is 31.7 Å². The molecule has 1 amide bonds. The zero-order valence-corrected chi connectivity index (χ0v) is 18.2. The van der Waals surface area contributed by atoms with Crippen molar-refractivity contribution in [3.63, 3.8) is 0 Å². The maximum Gasteiger partial charge on any atom is 0.255 e. The standard InChI is InChI=1S/C22H25FN6O4/c1-22(2,11-31)27-21(33)15-8-24-20-19(15)26-16(9-25-20)18-14-4-3-12(23)7-17(14)29(28-18)6-5-13(32)10-30/h3-4,7-9,13,30-32H,5-6,10-11H2,1-2H3,(H,24,25)(H,27,33). The maximum atomic E-state index is 13.9. The fourth-order valence-corrected chi connectivity index (χ4v) is 3.46. The highest BCUT2D eigenvalue weighted by atomic mass is 19.1. The zero-order chi connectivity index (χ0) is 23.8. The number of aliphatic hydroxyl groups excluding tert-OH is 3. The van der Waals surface area contributed by atoms with Gasteiger partial charge >= 0.3 is 0 Å². The van der Waals surface area contributed by atoms with Gasteiger partial charge in [-0.1, -0.05) is 0 Å². The lowest BCUT2D eigenvalue weighted by atomic mass is 10.1. The van der Waals surface area contributed by atoms with E-state index in [4.69, 9.17) is 5.11 Å². The van der Waals surface area contributed by atoms with E-state index in [9.17, 15) is 19.4 Å². The number of aliphatic hydroxyl groups is 3. The van der Waals surface area contributed by atoms with Crippen LogP contribution < -0.4 is 5.32 Å². The number of benzene rings is 1. The van der Waals surface area contributed by atoms with Gasteiger partial charge in [-0.05, 0) is 38.5 Å². The van der Waals surface area contributed by atoms with Gasteiger partial charge in [0.25, 0.3) is 5.91 Å². The van der Waals surface area contributed by atoms with Crippen LogP contribution in [0.4, 0.5) is 4.39 Å². The summed E-state index contributed by atoms with van der Waals surface area (Å²) in [4.78, 5) is 24.6. The van der Waals surface area contributed by atoms with Crippen molar-refractivity contribution in [3.05, 3.63) is 42.0 Å². The van der Waals surface area contributed by atoms with Crippen LogP contribution in [0.1, 0.15) is 30.6 Å². The molecule has 174 valence electrons. The largest absolute Gasteiger partial charge is 0.394 e. The number of carbonyl (C=O) groups excluding carboxylic acids is 1. The molecule has 1 aromatic carbocycles. The van der Waals surface area contributed by atoms with Gasteiger partial charge in [-0.25, -0.2) is 14.4 Å². The number of nitrogens with zero attached hydrogens (tertiary/aromatic N) is 4. The Labute approximate surface area is 188 Å². The minimum atomic E-state index is -0.915. The number of halogens is 1. The number of fused-ring (bicyclic) bond motifs is 2. The molecule has 1 atom stereocenters. The molecule has 0 aliphatic rings. The Hall–Kier alpha value is -3.41. The van der Waals surface area contributed by atoms with Gasteiger partial charge in [0.2, 0.25) is 0 Å². The van der Waals surface area contributed by atoms with Crippen molar-refractivity contribution < 1.29 is 24.5 Å². The van der Waals surface area contributed by atoms with Gasteiger partial charge < -0.3 is 25.6 Å². The smallest absolute Gasteiger partial charge is 0.255 e. The summed E-state index contributed by atoms with van der Waals surface area (Å²) < 4.78 is 15.5. The third-order valence-electron chi connectivity index (χ3n) is 5.31. The number of amides is 1. The molecule has 0 aliphatic carbocycles. The molecule has 0 radical (unpaired) electrons. The average Bonchev–Trinajstić information content (AvgIpc) is 3.38. The van der Waals surface area contributed by atoms with E-state index >= 15 is 0 Å². The number of rotatable bonds is 8. The Morgan fingerprint density at radius 1 is 1.33 bits per heavy atom. The lowest BCUT2D eigenvalue weighted by molar-refractivity contribution is 0.0841. The molecule has 0 spiro atoms. The van der Waals surface area contributed by atoms with E-state index in [0.717, 1.165) is 0 Å². The third kappa shape index (κ3) is 4.56. The number of hydrogen-bond acceptors (Lipinski definition) is 7. The second kappa shape index (κ2) is 8.85. The summed E-state index contributed by atoms with van der Waals surface area (Å²) >= 11 is 0. The van der Waals surface area contributed by atoms with Crippen molar-refractivity contribution in [1.82, 2.24) is 30.0 Å². The van der Waals surface area contributed by atoms with Gasteiger partial charge in [-0.3, -0.25) is 9.48 Å². The number of H-pyrrole nitrogens is 1. The third-order valence-corrected chi connectivity index (χ3v) is 5.31. The van der Waals surface area contributed by atoms with Crippen LogP contribution in [0.15, 0.2) is 30.6 Å². The molecule has 10 nitrogen and oxygen atoms in total. The first-order chi connectivity index (χ1) is 15.7. The molecule has 5 N–H and O–H groups in total. The number of nitrogens with one attached hydrogen (secondary N) is 2. The Morgan fingerprint density at radius 2 is 2.12 bits per heavy atom. The number of aryl methyl sites for hydroxylation is 1. The van der Waals surface area contributed by atoms with Crippen LogP contribution in [0.25, 0.3) is 33.5 Å². The molecule has 0 saturated carbocycles. The van der Waals surface area contributed by atoms with E-state index in [1.165, 1.54) is 24.5 Å². The molecule has 0 saturated heterocycles. The molecule has 4 aromatic rings. The average molecular weight is 456 g/mol. The number of hydrogen-bond donors (Lipinski definition) is 5. The lowest BCUT2D eigenvalue weighted by Crippen LogP contribution is -2.46. The summed E-state index contributed by atoms with van der Waals surface area (Å²) in [5.41, 5.74) is 1.53. The van der Waals surface area contributed by atoms with Crippen molar-refractivity contribution in [1.29, 1.82) is 0 Å². The predicted molar refractivity (Wildman–Crippen MR) is 119 cm³/mol. The highest BCUT2D eigenvalue weighted by Gasteiger charge is 2.24. The molecule has 0 aliphatic heterocycles. The summed E-state index contributed by atoms with van der Waals surface area (Å²) in [6.07, 6.45) is 2.33. The van der Waals surface area contributed by atoms with E-state index in [2.05, 4.69) is 25.4 Å². The summed E-state index contributed by atoms with van der Waals surface area (Å²) in [7, 11) is 0. The Bertz CT molecular complexity index is 1320. The van der Waals surface area contributed by atoms with Crippen LogP contribution in [0.3, 0.4) is 0 Å². The minimum Gasteiger partial charge on any atom is -0.394 e. The topological polar surface area (TPSA) is 149 Å². The normalized spacial score (nSPS) is 13.0. The number of aromatic nitrogens is 5. The van der Waals surface area contributed by atoms with E-state index < -0.39 is 23.4 Å². The fraction of sp³-hybridized carbons (Fsp3) is 0.364. The Kier molecular flexibility index (Phi) is 6.11. The van der Waals surface area contributed by atoms with Gasteiger partial charge in [0, 0.05) is 18.1 Å². The van der Waals surface area contributed by atoms with Crippen molar-refractivity contribution in [2.45, 2.75) is 38.5 Å². The van der Waals surface area contributed by atoms with E-state index in [1.807, 2.05) is 0 Å². The molecule has 0 fully saturated rings. The minimum absolute atomic E-state index is 0.233. The zero-order valence-electron chi connectivity index (χ0n) is 18.2. The first kappa shape index (κ1) is 22.8. The van der Waals surface area contributed by atoms with Crippen molar-refractivity contribution in [2.24, 2.45) is 0 Å². The van der Waals surface area contributed by atoms with Gasteiger partial charge in [-0.2, -0.15) is 5.10 Å². The summed E-state index contributed by atoms with van der Waals surface area (Å²) in [5.74, 6) is -0.849. The summed E-state index contributed by atoms with van der Waals surface area (Å²) in [6, 6.07) is 4.25. The number of aromatic amines is 1. The van der Waals surface area contributed by atoms with Crippen LogP contribution in [0, 0.1) is 5.82 Å². The first-order valence-corrected chi connectivity index (χ1v) is 10.5. The maximum absolute atomic E-state index is 13.9. The first-order valence-electron chi connectivity index (χ1n) is 10.5. The van der Waals surface area contributed by atoms with E-state index in [1.54, 1.807) is 24.6 Å². The van der Waals surface area contributed by atoms with Crippen LogP contribution in [-0.4, -0.2) is 70.8 Å². The van der Waals surface area contributed by atoms with Gasteiger partial charge in [0.15, 0.2) is 5.65 Å². The molecule has 3 aromatic heterocycles.